The fourth-order valence-electron chi connectivity index (χ4n) is 8.14. The van der Waals surface area contributed by atoms with E-state index >= 15 is 0 Å². The average Bonchev–Trinajstić information content (AvgIpc) is 3.78. The highest BCUT2D eigenvalue weighted by molar-refractivity contribution is 5.90. The predicted octanol–water partition coefficient (Wildman–Crippen LogP) is 3.24. The molecule has 0 bridgehead atoms. The number of nitrogens with one attached hydrogen (secondary N) is 3. The highest BCUT2D eigenvalue weighted by atomic mass is 19.1. The van der Waals surface area contributed by atoms with E-state index in [1.54, 1.807) is 36.9 Å². The number of hydrogen-bond acceptors (Lipinski definition) is 8. The minimum absolute atomic E-state index is 0.00943. The number of carboxylic acids is 1. The van der Waals surface area contributed by atoms with Crippen LogP contribution in [-0.4, -0.2) is 121 Å². The lowest BCUT2D eigenvalue weighted by Gasteiger charge is -2.41. The van der Waals surface area contributed by atoms with Crippen LogP contribution >= 0.6 is 0 Å². The van der Waals surface area contributed by atoms with Crippen LogP contribution in [0.15, 0.2) is 24.3 Å². The Kier molecular flexibility index (Phi) is 16.4. The maximum absolute atomic E-state index is 14.4. The lowest BCUT2D eigenvalue weighted by molar-refractivity contribution is -0.149. The molecular formula is C40H64FN5O8. The van der Waals surface area contributed by atoms with Crippen LogP contribution in [0.25, 0.3) is 0 Å². The number of rotatable bonds is 21. The molecule has 1 unspecified atom stereocenters. The average molecular weight is 762 g/mol. The number of aliphatic carboxylic acids is 1. The first kappa shape index (κ1) is 44.8. The van der Waals surface area contributed by atoms with Crippen molar-refractivity contribution in [3.8, 4) is 0 Å². The monoisotopic (exact) mass is 761 g/mol. The number of halogens is 1. The Bertz CT molecular complexity index is 1460. The first-order chi connectivity index (χ1) is 25.4. The van der Waals surface area contributed by atoms with E-state index < -0.39 is 66.0 Å². The number of likely N-dealkylation sites (N-methyl/N-ethyl adjacent to an activating group) is 2. The molecule has 54 heavy (non-hydrogen) atoms. The molecule has 3 rings (SSSR count). The summed E-state index contributed by atoms with van der Waals surface area (Å²) in [7, 11) is 6.41. The van der Waals surface area contributed by atoms with Crippen LogP contribution in [0.3, 0.4) is 0 Å². The number of carbonyl (C=O) groups is 5. The molecule has 1 saturated carbocycles. The summed E-state index contributed by atoms with van der Waals surface area (Å²) in [5, 5.41) is 18.4. The first-order valence-corrected chi connectivity index (χ1v) is 19.3. The van der Waals surface area contributed by atoms with Crippen molar-refractivity contribution in [1.29, 1.82) is 0 Å². The Morgan fingerprint density at radius 1 is 0.944 bits per heavy atom. The molecule has 2 fully saturated rings. The third-order valence-electron chi connectivity index (χ3n) is 11.6. The van der Waals surface area contributed by atoms with Gasteiger partial charge in [-0.3, -0.25) is 19.2 Å². The molecule has 4 N–H and O–H groups in total. The molecule has 0 aromatic heterocycles. The molecule has 1 heterocycles. The summed E-state index contributed by atoms with van der Waals surface area (Å²) in [5.74, 6) is -4.01. The first-order valence-electron chi connectivity index (χ1n) is 19.3. The Morgan fingerprint density at radius 2 is 1.57 bits per heavy atom. The van der Waals surface area contributed by atoms with Gasteiger partial charge in [-0.2, -0.15) is 0 Å². The number of benzene rings is 1. The normalized spacial score (nSPS) is 22.3. The zero-order chi connectivity index (χ0) is 40.6. The molecule has 0 spiro atoms. The van der Waals surface area contributed by atoms with Gasteiger partial charge in [0.05, 0.1) is 42.7 Å². The topological polar surface area (TPSA) is 167 Å². The highest BCUT2D eigenvalue weighted by Gasteiger charge is 2.57. The van der Waals surface area contributed by atoms with Crippen molar-refractivity contribution in [2.45, 2.75) is 129 Å². The molecule has 4 amide bonds. The third-order valence-corrected chi connectivity index (χ3v) is 11.6. The van der Waals surface area contributed by atoms with Crippen molar-refractivity contribution in [3.05, 3.63) is 35.6 Å². The van der Waals surface area contributed by atoms with Crippen LogP contribution in [0, 0.1) is 35.4 Å². The second-order valence-corrected chi connectivity index (χ2v) is 15.9. The van der Waals surface area contributed by atoms with Crippen molar-refractivity contribution in [2.75, 3.05) is 28.3 Å². The maximum Gasteiger partial charge on any atom is 0.326 e. The molecule has 11 atom stereocenters. The van der Waals surface area contributed by atoms with E-state index in [0.29, 0.717) is 12.8 Å². The molecular weight excluding hydrogens is 697 g/mol. The second kappa shape index (κ2) is 19.8. The lowest BCUT2D eigenvalue weighted by atomic mass is 9.89. The summed E-state index contributed by atoms with van der Waals surface area (Å²) in [6.45, 7) is 13.3. The van der Waals surface area contributed by atoms with Gasteiger partial charge in [-0.05, 0) is 55.2 Å². The predicted molar refractivity (Wildman–Crippen MR) is 203 cm³/mol. The van der Waals surface area contributed by atoms with Crippen LogP contribution in [-0.2, 0) is 39.9 Å². The van der Waals surface area contributed by atoms with Gasteiger partial charge in [0.25, 0.3) is 0 Å². The fourth-order valence-corrected chi connectivity index (χ4v) is 8.14. The summed E-state index contributed by atoms with van der Waals surface area (Å²) in [5.41, 5.74) is 0.169. The molecule has 304 valence electrons. The van der Waals surface area contributed by atoms with Crippen LogP contribution in [0.2, 0.25) is 0 Å². The van der Waals surface area contributed by atoms with Gasteiger partial charge in [-0.1, -0.05) is 73.1 Å². The molecule has 1 aliphatic carbocycles. The molecule has 1 aromatic carbocycles. The minimum Gasteiger partial charge on any atom is -0.480 e. The molecule has 1 aliphatic heterocycles. The second-order valence-electron chi connectivity index (χ2n) is 15.9. The van der Waals surface area contributed by atoms with Crippen molar-refractivity contribution in [1.82, 2.24) is 25.8 Å². The van der Waals surface area contributed by atoms with Gasteiger partial charge in [0.1, 0.15) is 17.9 Å². The van der Waals surface area contributed by atoms with E-state index in [-0.39, 0.29) is 65.8 Å². The fraction of sp³-hybridized carbons (Fsp3) is 0.725. The number of likely N-dealkylation sites (tertiary alicyclic amines) is 1. The van der Waals surface area contributed by atoms with E-state index in [2.05, 4.69) is 16.0 Å². The number of amides is 4. The number of nitrogens with zero attached hydrogens (tertiary/aromatic N) is 2. The third kappa shape index (κ3) is 10.6. The van der Waals surface area contributed by atoms with Crippen molar-refractivity contribution < 1.29 is 42.9 Å². The van der Waals surface area contributed by atoms with Crippen molar-refractivity contribution in [2.24, 2.45) is 29.6 Å². The van der Waals surface area contributed by atoms with Gasteiger partial charge in [-0.25, -0.2) is 9.18 Å². The lowest BCUT2D eigenvalue weighted by Crippen LogP contribution is -2.59. The van der Waals surface area contributed by atoms with E-state index in [9.17, 15) is 33.5 Å². The van der Waals surface area contributed by atoms with Gasteiger partial charge in [0, 0.05) is 33.7 Å². The standard InChI is InChI=1S/C40H64FN5O8/c1-12-23(6)35(45(9)39(50)34(22(4)5)44-38(49)33(42-8)21(2)3)31(53-10)20-32(47)46-29-18-26(29)19-30(46)36(54-11)24(7)37(48)43-28(40(51)52)17-25-15-13-14-16-27(25)41/h13-16,21-24,26,28-31,33-36,42H,12,17-20H2,1-11H3,(H,43,48)(H,44,49)(H,51,52)/t23-,24+,26+,28-,29?,30-,31+,33-,34-,35-,36+/m0/s1. The highest BCUT2D eigenvalue weighted by Crippen LogP contribution is 2.50. The number of carboxylic acid groups (broad SMARTS) is 1. The molecule has 2 aliphatic rings. The number of hydrogen-bond donors (Lipinski definition) is 4. The van der Waals surface area contributed by atoms with E-state index in [1.165, 1.54) is 32.4 Å². The van der Waals surface area contributed by atoms with Crippen molar-refractivity contribution >= 4 is 29.6 Å². The number of carbonyl (C=O) groups excluding carboxylic acids is 4. The molecule has 14 heteroatoms. The molecule has 0 radical (unpaired) electrons. The number of methoxy groups -OCH3 is 2. The van der Waals surface area contributed by atoms with E-state index in [4.69, 9.17) is 9.47 Å². The van der Waals surface area contributed by atoms with Crippen LogP contribution in [0.5, 0.6) is 0 Å². The van der Waals surface area contributed by atoms with Gasteiger partial charge in [-0.15, -0.1) is 0 Å². The number of piperidine rings is 1. The largest absolute Gasteiger partial charge is 0.480 e. The van der Waals surface area contributed by atoms with E-state index in [0.717, 1.165) is 6.42 Å². The van der Waals surface area contributed by atoms with Crippen LogP contribution in [0.4, 0.5) is 4.39 Å². The van der Waals surface area contributed by atoms with Gasteiger partial charge < -0.3 is 40.3 Å². The zero-order valence-electron chi connectivity index (χ0n) is 33.9. The van der Waals surface area contributed by atoms with E-state index in [1.807, 2.05) is 41.5 Å². The summed E-state index contributed by atoms with van der Waals surface area (Å²) in [6, 6.07) is 2.21. The Morgan fingerprint density at radius 3 is 2.09 bits per heavy atom. The molecule has 1 aromatic rings. The molecule has 1 saturated heterocycles. The zero-order valence-corrected chi connectivity index (χ0v) is 33.9. The summed E-state index contributed by atoms with van der Waals surface area (Å²) >= 11 is 0. The maximum atomic E-state index is 14.4. The minimum atomic E-state index is -1.37. The van der Waals surface area contributed by atoms with Gasteiger partial charge in [0.2, 0.25) is 23.6 Å². The van der Waals surface area contributed by atoms with Gasteiger partial charge >= 0.3 is 5.97 Å². The van der Waals surface area contributed by atoms with Crippen molar-refractivity contribution in [3.63, 3.8) is 0 Å². The molecule has 13 nitrogen and oxygen atoms in total. The Hall–Kier alpha value is -3.62. The SMILES string of the molecule is CC[C@H](C)[C@@H]([C@@H](CC(=O)N1C2C[C@@H]2C[C@H]1[C@H](OC)[C@@H](C)C(=O)N[C@@H](Cc1ccccc1F)C(=O)O)OC)N(C)C(=O)[C@@H](NC(=O)[C@@H](NC)C(C)C)C(C)C. The number of fused-ring (bicyclic) bond motifs is 1. The number of ether oxygens (including phenoxy) is 2. The smallest absolute Gasteiger partial charge is 0.326 e. The van der Waals surface area contributed by atoms with Gasteiger partial charge in [0.15, 0.2) is 0 Å². The van der Waals surface area contributed by atoms with Crippen LogP contribution < -0.4 is 16.0 Å². The summed E-state index contributed by atoms with van der Waals surface area (Å²) in [6.07, 6.45) is 0.457. The quantitative estimate of drug-likeness (QED) is 0.147. The summed E-state index contributed by atoms with van der Waals surface area (Å²) < 4.78 is 26.2. The Labute approximate surface area is 320 Å². The summed E-state index contributed by atoms with van der Waals surface area (Å²) in [4.78, 5) is 70.8. The Balaban J connectivity index is 1.81. The van der Waals surface area contributed by atoms with Crippen LogP contribution in [0.1, 0.15) is 79.7 Å².